The van der Waals surface area contributed by atoms with E-state index in [-0.39, 0.29) is 24.0 Å². The summed E-state index contributed by atoms with van der Waals surface area (Å²) >= 11 is 5.69. The zero-order valence-corrected chi connectivity index (χ0v) is 10.1. The largest absolute Gasteiger partial charge is 0.573 e. The van der Waals surface area contributed by atoms with Crippen LogP contribution in [0.1, 0.15) is 0 Å². The van der Waals surface area contributed by atoms with Gasteiger partial charge in [-0.2, -0.15) is 0 Å². The zero-order valence-electron chi connectivity index (χ0n) is 9.37. The molecular formula is C10H9ClF3NO4. The number of primary amides is 1. The van der Waals surface area contributed by atoms with Gasteiger partial charge in [-0.05, 0) is 12.1 Å². The summed E-state index contributed by atoms with van der Waals surface area (Å²) in [7, 11) is 0. The molecule has 0 spiro atoms. The van der Waals surface area contributed by atoms with Gasteiger partial charge in [0.05, 0.1) is 5.02 Å². The van der Waals surface area contributed by atoms with Crippen LogP contribution >= 0.6 is 11.6 Å². The van der Waals surface area contributed by atoms with E-state index >= 15 is 0 Å². The molecule has 0 unspecified atom stereocenters. The summed E-state index contributed by atoms with van der Waals surface area (Å²) in [5.74, 6) is -0.331. The maximum atomic E-state index is 11.9. The normalized spacial score (nSPS) is 10.9. The topological polar surface area (TPSA) is 70.8 Å². The van der Waals surface area contributed by atoms with E-state index in [0.29, 0.717) is 0 Å². The SMILES string of the molecule is NC(=O)OCCOc1ccc(OC(F)(F)F)cc1Cl. The Hall–Kier alpha value is -1.83. The fraction of sp³-hybridized carbons (Fsp3) is 0.300. The summed E-state index contributed by atoms with van der Waals surface area (Å²) in [5, 5.41) is -0.0687. The number of carbonyl (C=O) groups is 1. The van der Waals surface area contributed by atoms with Gasteiger partial charge in [0.2, 0.25) is 0 Å². The molecule has 0 atom stereocenters. The van der Waals surface area contributed by atoms with Crippen molar-refractivity contribution in [2.24, 2.45) is 5.73 Å². The van der Waals surface area contributed by atoms with Gasteiger partial charge in [0, 0.05) is 6.07 Å². The first-order chi connectivity index (χ1) is 8.78. The standard InChI is InChI=1S/C10H9ClF3NO4/c11-7-5-6(19-10(12,13)14)1-2-8(7)17-3-4-18-9(15)16/h1-2,5H,3-4H2,(H2,15,16). The minimum atomic E-state index is -4.79. The molecule has 0 aliphatic rings. The Morgan fingerprint density at radius 3 is 2.53 bits per heavy atom. The molecule has 9 heteroatoms. The van der Waals surface area contributed by atoms with Gasteiger partial charge in [0.15, 0.2) is 0 Å². The molecule has 0 aliphatic carbocycles. The average molecular weight is 300 g/mol. The zero-order chi connectivity index (χ0) is 14.5. The Labute approximate surface area is 111 Å². The molecule has 0 saturated carbocycles. The highest BCUT2D eigenvalue weighted by Gasteiger charge is 2.31. The Morgan fingerprint density at radius 2 is 2.00 bits per heavy atom. The van der Waals surface area contributed by atoms with Crippen molar-refractivity contribution in [3.05, 3.63) is 23.2 Å². The van der Waals surface area contributed by atoms with Crippen LogP contribution in [-0.4, -0.2) is 25.7 Å². The number of ether oxygens (including phenoxy) is 3. The minimum Gasteiger partial charge on any atom is -0.488 e. The maximum absolute atomic E-state index is 11.9. The first-order valence-corrected chi connectivity index (χ1v) is 5.26. The average Bonchev–Trinajstić information content (AvgIpc) is 2.24. The van der Waals surface area contributed by atoms with Gasteiger partial charge in [-0.15, -0.1) is 13.2 Å². The van der Waals surface area contributed by atoms with E-state index in [1.54, 1.807) is 0 Å². The molecule has 2 N–H and O–H groups in total. The summed E-state index contributed by atoms with van der Waals surface area (Å²) in [4.78, 5) is 10.3. The fourth-order valence-electron chi connectivity index (χ4n) is 1.09. The Kier molecular flexibility index (Phi) is 5.11. The predicted octanol–water partition coefficient (Wildman–Crippen LogP) is 2.71. The molecule has 1 amide bonds. The lowest BCUT2D eigenvalue weighted by Crippen LogP contribution is -2.18. The van der Waals surface area contributed by atoms with Crippen molar-refractivity contribution in [1.29, 1.82) is 0 Å². The lowest BCUT2D eigenvalue weighted by atomic mass is 10.3. The first-order valence-electron chi connectivity index (χ1n) is 4.88. The van der Waals surface area contributed by atoms with Crippen molar-refractivity contribution in [1.82, 2.24) is 0 Å². The van der Waals surface area contributed by atoms with Crippen LogP contribution in [0.15, 0.2) is 18.2 Å². The third kappa shape index (κ3) is 6.05. The minimum absolute atomic E-state index is 0.0395. The van der Waals surface area contributed by atoms with Crippen LogP contribution in [0.4, 0.5) is 18.0 Å². The van der Waals surface area contributed by atoms with E-state index in [1.807, 2.05) is 0 Å². The predicted molar refractivity (Wildman–Crippen MR) is 59.2 cm³/mol. The van der Waals surface area contributed by atoms with Crippen molar-refractivity contribution in [3.8, 4) is 11.5 Å². The molecule has 0 heterocycles. The number of nitrogens with two attached hydrogens (primary N) is 1. The van der Waals surface area contributed by atoms with Crippen molar-refractivity contribution in [2.45, 2.75) is 6.36 Å². The highest BCUT2D eigenvalue weighted by atomic mass is 35.5. The number of alkyl halides is 3. The van der Waals surface area contributed by atoms with Gasteiger partial charge in [-0.25, -0.2) is 4.79 Å². The smallest absolute Gasteiger partial charge is 0.488 e. The van der Waals surface area contributed by atoms with Crippen LogP contribution in [0.3, 0.4) is 0 Å². The second-order valence-corrected chi connectivity index (χ2v) is 3.56. The summed E-state index contributed by atoms with van der Waals surface area (Å²) in [6.07, 6.45) is -5.75. The number of halogens is 4. The molecule has 0 bridgehead atoms. The Morgan fingerprint density at radius 1 is 1.32 bits per heavy atom. The highest BCUT2D eigenvalue weighted by Crippen LogP contribution is 2.31. The van der Waals surface area contributed by atoms with E-state index in [4.69, 9.17) is 22.1 Å². The Balaban J connectivity index is 2.55. The van der Waals surface area contributed by atoms with Gasteiger partial charge >= 0.3 is 12.5 Å². The van der Waals surface area contributed by atoms with E-state index < -0.39 is 18.2 Å². The lowest BCUT2D eigenvalue weighted by molar-refractivity contribution is -0.274. The number of carbonyl (C=O) groups excluding carboxylic acids is 1. The van der Waals surface area contributed by atoms with Crippen LogP contribution in [0, 0.1) is 0 Å². The second kappa shape index (κ2) is 6.37. The molecule has 5 nitrogen and oxygen atoms in total. The monoisotopic (exact) mass is 299 g/mol. The summed E-state index contributed by atoms with van der Waals surface area (Å²) in [5.41, 5.74) is 4.71. The van der Waals surface area contributed by atoms with Gasteiger partial charge in [-0.1, -0.05) is 11.6 Å². The van der Waals surface area contributed by atoms with Gasteiger partial charge in [-0.3, -0.25) is 0 Å². The highest BCUT2D eigenvalue weighted by molar-refractivity contribution is 6.32. The number of benzene rings is 1. The molecule has 0 aliphatic heterocycles. The quantitative estimate of drug-likeness (QED) is 0.849. The second-order valence-electron chi connectivity index (χ2n) is 3.16. The van der Waals surface area contributed by atoms with Crippen LogP contribution < -0.4 is 15.2 Å². The van der Waals surface area contributed by atoms with E-state index in [1.165, 1.54) is 6.07 Å². The van der Waals surface area contributed by atoms with Crippen LogP contribution in [0.2, 0.25) is 5.02 Å². The van der Waals surface area contributed by atoms with Crippen molar-refractivity contribution in [3.63, 3.8) is 0 Å². The summed E-state index contributed by atoms with van der Waals surface area (Å²) < 4.78 is 49.0. The number of hydrogen-bond donors (Lipinski definition) is 1. The molecule has 1 aromatic carbocycles. The number of rotatable bonds is 5. The summed E-state index contributed by atoms with van der Waals surface area (Å²) in [6, 6.07) is 3.20. The molecule has 1 aromatic rings. The van der Waals surface area contributed by atoms with Crippen LogP contribution in [0.5, 0.6) is 11.5 Å². The molecule has 106 valence electrons. The Bertz CT molecular complexity index is 453. The van der Waals surface area contributed by atoms with E-state index in [0.717, 1.165) is 12.1 Å². The van der Waals surface area contributed by atoms with Gasteiger partial charge < -0.3 is 19.9 Å². The third-order valence-corrected chi connectivity index (χ3v) is 2.02. The van der Waals surface area contributed by atoms with Gasteiger partial charge in [0.1, 0.15) is 24.7 Å². The van der Waals surface area contributed by atoms with Crippen molar-refractivity contribution in [2.75, 3.05) is 13.2 Å². The molecule has 0 saturated heterocycles. The van der Waals surface area contributed by atoms with E-state index in [2.05, 4.69) is 9.47 Å². The fourth-order valence-corrected chi connectivity index (χ4v) is 1.31. The molecule has 1 rings (SSSR count). The third-order valence-electron chi connectivity index (χ3n) is 1.72. The van der Waals surface area contributed by atoms with E-state index in [9.17, 15) is 18.0 Å². The maximum Gasteiger partial charge on any atom is 0.573 e. The first kappa shape index (κ1) is 15.2. The summed E-state index contributed by atoms with van der Waals surface area (Å²) in [6.45, 7) is -0.144. The molecule has 0 radical (unpaired) electrons. The molecule has 0 aromatic heterocycles. The number of hydrogen-bond acceptors (Lipinski definition) is 4. The lowest BCUT2D eigenvalue weighted by Gasteiger charge is -2.11. The van der Waals surface area contributed by atoms with Gasteiger partial charge in [0.25, 0.3) is 0 Å². The number of amides is 1. The molecule has 0 fully saturated rings. The van der Waals surface area contributed by atoms with Crippen LogP contribution in [-0.2, 0) is 4.74 Å². The molecule has 19 heavy (non-hydrogen) atoms. The molecular weight excluding hydrogens is 291 g/mol. The van der Waals surface area contributed by atoms with Crippen LogP contribution in [0.25, 0.3) is 0 Å². The van der Waals surface area contributed by atoms with Crippen molar-refractivity contribution >= 4 is 17.7 Å². The van der Waals surface area contributed by atoms with Crippen molar-refractivity contribution < 1.29 is 32.2 Å².